The summed E-state index contributed by atoms with van der Waals surface area (Å²) in [6.45, 7) is 0.447. The first-order valence-corrected chi connectivity index (χ1v) is 8.11. The Hall–Kier alpha value is -1.40. The van der Waals surface area contributed by atoms with Crippen LogP contribution in [-0.4, -0.2) is 16.4 Å². The zero-order valence-electron chi connectivity index (χ0n) is 11.0. The van der Waals surface area contributed by atoms with Gasteiger partial charge in [-0.15, -0.1) is 0 Å². The van der Waals surface area contributed by atoms with E-state index in [1.165, 1.54) is 12.1 Å². The first kappa shape index (κ1) is 16.0. The van der Waals surface area contributed by atoms with Crippen LogP contribution in [0.3, 0.4) is 0 Å². The van der Waals surface area contributed by atoms with Crippen molar-refractivity contribution >= 4 is 37.5 Å². The van der Waals surface area contributed by atoms with Crippen molar-refractivity contribution in [1.82, 2.24) is 0 Å². The van der Waals surface area contributed by atoms with Gasteiger partial charge in [-0.2, -0.15) is 0 Å². The predicted molar refractivity (Wildman–Crippen MR) is 89.4 cm³/mol. The van der Waals surface area contributed by atoms with E-state index in [9.17, 15) is 10.1 Å². The summed E-state index contributed by atoms with van der Waals surface area (Å²) in [4.78, 5) is 10.3. The lowest BCUT2D eigenvalue weighted by atomic mass is 10.1. The molecule has 0 aliphatic carbocycles. The highest BCUT2D eigenvalue weighted by atomic mass is 79.9. The van der Waals surface area contributed by atoms with E-state index >= 15 is 0 Å². The molecule has 0 aromatic heterocycles. The van der Waals surface area contributed by atoms with Gasteiger partial charge in [-0.1, -0.05) is 62.2 Å². The average Bonchev–Trinajstić information content (AvgIpc) is 2.53. The summed E-state index contributed by atoms with van der Waals surface area (Å²) >= 11 is 7.23. The van der Waals surface area contributed by atoms with Crippen LogP contribution in [0.4, 0.5) is 5.69 Å². The van der Waals surface area contributed by atoms with Gasteiger partial charge in [-0.3, -0.25) is 10.1 Å². The van der Waals surface area contributed by atoms with Crippen molar-refractivity contribution in [1.29, 1.82) is 0 Å². The lowest BCUT2D eigenvalue weighted by Gasteiger charge is -2.17. The molecule has 0 saturated heterocycles. The van der Waals surface area contributed by atoms with Crippen LogP contribution < -0.4 is 4.74 Å². The molecule has 2 aromatic carbocycles. The number of nitrogens with zero attached hydrogens (tertiary/aromatic N) is 1. The van der Waals surface area contributed by atoms with Crippen molar-refractivity contribution in [2.45, 2.75) is 9.65 Å². The van der Waals surface area contributed by atoms with Crippen LogP contribution in [0, 0.1) is 10.1 Å². The first-order valence-electron chi connectivity index (χ1n) is 6.28. The largest absolute Gasteiger partial charge is 0.492 e. The highest BCUT2D eigenvalue weighted by molar-refractivity contribution is 9.12. The molecule has 0 aliphatic heterocycles. The Morgan fingerprint density at radius 1 is 1.05 bits per heavy atom. The minimum atomic E-state index is -0.430. The lowest BCUT2D eigenvalue weighted by Crippen LogP contribution is -2.16. The van der Waals surface area contributed by atoms with Gasteiger partial charge in [0.1, 0.15) is 12.4 Å². The number of hydrogen-bond acceptors (Lipinski definition) is 3. The Kier molecular flexibility index (Phi) is 5.76. The van der Waals surface area contributed by atoms with Gasteiger partial charge in [0.05, 0.1) is 14.6 Å². The van der Waals surface area contributed by atoms with Crippen LogP contribution in [0.5, 0.6) is 5.75 Å². The maximum atomic E-state index is 10.6. The number of rotatable bonds is 6. The van der Waals surface area contributed by atoms with E-state index in [4.69, 9.17) is 4.74 Å². The van der Waals surface area contributed by atoms with Crippen molar-refractivity contribution in [2.24, 2.45) is 0 Å². The third-order valence-electron chi connectivity index (χ3n) is 2.89. The van der Waals surface area contributed by atoms with Gasteiger partial charge < -0.3 is 4.74 Å². The predicted octanol–water partition coefficient (Wildman–Crippen LogP) is 4.87. The molecule has 0 aliphatic rings. The van der Waals surface area contributed by atoms with Crippen molar-refractivity contribution in [3.8, 4) is 5.75 Å². The number of nitro benzene ring substituents is 1. The highest BCUT2D eigenvalue weighted by Gasteiger charge is 2.18. The molecule has 0 heterocycles. The summed E-state index contributed by atoms with van der Waals surface area (Å²) < 4.78 is 5.65. The van der Waals surface area contributed by atoms with E-state index < -0.39 is 4.92 Å². The summed E-state index contributed by atoms with van der Waals surface area (Å²) in [7, 11) is 0. The van der Waals surface area contributed by atoms with E-state index in [0.717, 1.165) is 5.56 Å². The van der Waals surface area contributed by atoms with Gasteiger partial charge >= 0.3 is 0 Å². The third kappa shape index (κ3) is 4.54. The number of benzene rings is 2. The molecule has 0 fully saturated rings. The normalized spacial score (nSPS) is 13.4. The van der Waals surface area contributed by atoms with E-state index in [1.54, 1.807) is 12.1 Å². The Bertz CT molecular complexity index is 590. The molecule has 110 valence electrons. The Morgan fingerprint density at radius 3 is 2.24 bits per heavy atom. The Balaban J connectivity index is 1.91. The molecule has 6 heteroatoms. The number of ether oxygens (including phenoxy) is 1. The van der Waals surface area contributed by atoms with Crippen LogP contribution in [0.1, 0.15) is 10.4 Å². The summed E-state index contributed by atoms with van der Waals surface area (Å²) in [5.41, 5.74) is 1.21. The molecule has 4 nitrogen and oxygen atoms in total. The van der Waals surface area contributed by atoms with Crippen molar-refractivity contribution in [2.75, 3.05) is 6.61 Å². The third-order valence-corrected chi connectivity index (χ3v) is 5.56. The second-order valence-corrected chi connectivity index (χ2v) is 6.55. The van der Waals surface area contributed by atoms with Gasteiger partial charge in [-0.25, -0.2) is 0 Å². The molecular formula is C15H13Br2NO3. The van der Waals surface area contributed by atoms with Gasteiger partial charge in [0.2, 0.25) is 0 Å². The van der Waals surface area contributed by atoms with Crippen molar-refractivity contribution < 1.29 is 9.66 Å². The molecule has 0 saturated carbocycles. The monoisotopic (exact) mass is 413 g/mol. The first-order chi connectivity index (χ1) is 10.1. The number of nitro groups is 1. The molecule has 0 amide bonds. The van der Waals surface area contributed by atoms with Crippen molar-refractivity contribution in [3.05, 3.63) is 70.3 Å². The minimum absolute atomic E-state index is 0.0559. The number of hydrogen-bond donors (Lipinski definition) is 0. The van der Waals surface area contributed by atoms with Crippen LogP contribution >= 0.6 is 31.9 Å². The number of halogens is 2. The topological polar surface area (TPSA) is 52.4 Å². The van der Waals surface area contributed by atoms with Gasteiger partial charge in [-0.05, 0) is 17.7 Å². The summed E-state index contributed by atoms with van der Waals surface area (Å²) in [5, 5.41) is 10.6. The molecule has 21 heavy (non-hydrogen) atoms. The molecule has 0 spiro atoms. The fraction of sp³-hybridized carbons (Fsp3) is 0.200. The van der Waals surface area contributed by atoms with E-state index in [1.807, 2.05) is 30.3 Å². The standard InChI is InChI=1S/C15H13Br2NO3/c16-14(15(17)11-4-2-1-3-5-11)10-21-13-8-6-12(7-9-13)18(19)20/h1-9,14-15H,10H2/t14-,15-/m1/s1. The second kappa shape index (κ2) is 7.56. The molecular weight excluding hydrogens is 402 g/mol. The molecule has 2 aromatic rings. The van der Waals surface area contributed by atoms with Crippen LogP contribution in [-0.2, 0) is 0 Å². The van der Waals surface area contributed by atoms with Gasteiger partial charge in [0.25, 0.3) is 5.69 Å². The highest BCUT2D eigenvalue weighted by Crippen LogP contribution is 2.31. The Morgan fingerprint density at radius 2 is 1.67 bits per heavy atom. The number of non-ortho nitro benzene ring substituents is 1. The zero-order chi connectivity index (χ0) is 15.2. The average molecular weight is 415 g/mol. The molecule has 2 atom stereocenters. The summed E-state index contributed by atoms with van der Waals surface area (Å²) in [6.07, 6.45) is 0. The molecule has 0 radical (unpaired) electrons. The zero-order valence-corrected chi connectivity index (χ0v) is 14.2. The van der Waals surface area contributed by atoms with E-state index in [0.29, 0.717) is 12.4 Å². The van der Waals surface area contributed by atoms with Crippen LogP contribution in [0.2, 0.25) is 0 Å². The van der Waals surface area contributed by atoms with Crippen LogP contribution in [0.25, 0.3) is 0 Å². The smallest absolute Gasteiger partial charge is 0.269 e. The SMILES string of the molecule is O=[N+]([O-])c1ccc(OC[C@@H](Br)[C@H](Br)c2ccccc2)cc1. The van der Waals surface area contributed by atoms with E-state index in [2.05, 4.69) is 31.9 Å². The second-order valence-electron chi connectivity index (χ2n) is 4.39. The minimum Gasteiger partial charge on any atom is -0.492 e. The molecule has 0 bridgehead atoms. The fourth-order valence-corrected chi connectivity index (χ4v) is 2.67. The number of alkyl halides is 2. The van der Waals surface area contributed by atoms with Gasteiger partial charge in [0.15, 0.2) is 0 Å². The summed E-state index contributed by atoms with van der Waals surface area (Å²) in [6, 6.07) is 16.1. The van der Waals surface area contributed by atoms with Crippen molar-refractivity contribution in [3.63, 3.8) is 0 Å². The molecule has 0 N–H and O–H groups in total. The van der Waals surface area contributed by atoms with Crippen LogP contribution in [0.15, 0.2) is 54.6 Å². The van der Waals surface area contributed by atoms with E-state index in [-0.39, 0.29) is 15.3 Å². The summed E-state index contributed by atoms with van der Waals surface area (Å²) in [5.74, 6) is 0.609. The Labute approximate surface area is 139 Å². The molecule has 0 unspecified atom stereocenters. The van der Waals surface area contributed by atoms with Gasteiger partial charge in [0, 0.05) is 12.1 Å². The molecule has 2 rings (SSSR count). The fourth-order valence-electron chi connectivity index (χ4n) is 1.77. The maximum absolute atomic E-state index is 10.6. The maximum Gasteiger partial charge on any atom is 0.269 e. The lowest BCUT2D eigenvalue weighted by molar-refractivity contribution is -0.384. The quantitative estimate of drug-likeness (QED) is 0.384.